The molecule has 0 fully saturated rings. The average Bonchev–Trinajstić information content (AvgIpc) is 2.54. The van der Waals surface area contributed by atoms with E-state index in [1.807, 2.05) is 0 Å². The fourth-order valence-electron chi connectivity index (χ4n) is 4.55. The molecule has 0 nitrogen and oxygen atoms in total. The van der Waals surface area contributed by atoms with Gasteiger partial charge in [0.2, 0.25) is 0 Å². The van der Waals surface area contributed by atoms with Crippen LogP contribution in [0.25, 0.3) is 0 Å². The van der Waals surface area contributed by atoms with Crippen LogP contribution in [0.15, 0.2) is 24.3 Å². The van der Waals surface area contributed by atoms with Crippen molar-refractivity contribution in [2.45, 2.75) is 90.9 Å². The predicted octanol–water partition coefficient (Wildman–Crippen LogP) is 7.30. The van der Waals surface area contributed by atoms with Gasteiger partial charge in [-0.1, -0.05) is 90.5 Å². The van der Waals surface area contributed by atoms with Crippen molar-refractivity contribution in [2.24, 2.45) is 11.8 Å². The first-order valence-corrected chi connectivity index (χ1v) is 9.79. The average molecular weight is 301 g/mol. The number of benzene rings is 1. The van der Waals surface area contributed by atoms with Crippen LogP contribution in [0.2, 0.25) is 0 Å². The minimum Gasteiger partial charge on any atom is -0.0654 e. The summed E-state index contributed by atoms with van der Waals surface area (Å²) in [7, 11) is 0. The second-order valence-electron chi connectivity index (χ2n) is 7.55. The van der Waals surface area contributed by atoms with Gasteiger partial charge in [0.1, 0.15) is 0 Å². The molecule has 0 radical (unpaired) electrons. The molecule has 1 aliphatic rings. The molecule has 22 heavy (non-hydrogen) atoms. The van der Waals surface area contributed by atoms with Gasteiger partial charge < -0.3 is 0 Å². The number of fused-ring (bicyclic) bond motifs is 1. The summed E-state index contributed by atoms with van der Waals surface area (Å²) in [4.78, 5) is 0. The van der Waals surface area contributed by atoms with E-state index < -0.39 is 0 Å². The lowest BCUT2D eigenvalue weighted by molar-refractivity contribution is 0.231. The molecule has 4 unspecified atom stereocenters. The zero-order valence-electron chi connectivity index (χ0n) is 15.3. The topological polar surface area (TPSA) is 0 Å². The fraction of sp³-hybridized carbons (Fsp3) is 0.727. The van der Waals surface area contributed by atoms with Gasteiger partial charge in [-0.2, -0.15) is 0 Å². The van der Waals surface area contributed by atoms with Gasteiger partial charge >= 0.3 is 0 Å². The number of hydrogen-bond acceptors (Lipinski definition) is 0. The number of hydrogen-bond donors (Lipinski definition) is 0. The largest absolute Gasteiger partial charge is 0.0654 e. The van der Waals surface area contributed by atoms with Crippen LogP contribution >= 0.6 is 0 Å². The standard InChI is InChI=1S/C22H36/c1-5-7-9-13-19-17(3)18(4)20(14-10-8-6-2)22-16-12-11-15-21(19)22/h11-12,15-20H,5-10,13-14H2,1-4H3. The number of unbranched alkanes of at least 4 members (excludes halogenated alkanes) is 4. The first-order valence-electron chi connectivity index (χ1n) is 9.79. The second kappa shape index (κ2) is 8.75. The van der Waals surface area contributed by atoms with Crippen LogP contribution in [-0.2, 0) is 0 Å². The van der Waals surface area contributed by atoms with E-state index in [9.17, 15) is 0 Å². The third-order valence-electron chi connectivity index (χ3n) is 6.13. The van der Waals surface area contributed by atoms with Crippen molar-refractivity contribution >= 4 is 0 Å². The van der Waals surface area contributed by atoms with Crippen LogP contribution in [0, 0.1) is 11.8 Å². The fourth-order valence-corrected chi connectivity index (χ4v) is 4.55. The first-order chi connectivity index (χ1) is 10.7. The maximum absolute atomic E-state index is 2.52. The summed E-state index contributed by atoms with van der Waals surface area (Å²) < 4.78 is 0. The number of rotatable bonds is 8. The monoisotopic (exact) mass is 300 g/mol. The third kappa shape index (κ3) is 3.94. The highest BCUT2D eigenvalue weighted by atomic mass is 14.4. The van der Waals surface area contributed by atoms with E-state index in [-0.39, 0.29) is 0 Å². The van der Waals surface area contributed by atoms with Crippen LogP contribution in [0.5, 0.6) is 0 Å². The minimum atomic E-state index is 0.792. The van der Waals surface area contributed by atoms with E-state index in [0.717, 1.165) is 23.7 Å². The van der Waals surface area contributed by atoms with Crippen molar-refractivity contribution in [2.75, 3.05) is 0 Å². The molecule has 0 spiro atoms. The highest BCUT2D eigenvalue weighted by molar-refractivity contribution is 5.37. The first kappa shape index (κ1) is 17.6. The molecule has 1 aromatic rings. The van der Waals surface area contributed by atoms with Gasteiger partial charge in [-0.25, -0.2) is 0 Å². The van der Waals surface area contributed by atoms with Crippen molar-refractivity contribution in [1.29, 1.82) is 0 Å². The normalized spacial score (nSPS) is 27.6. The zero-order chi connectivity index (χ0) is 15.9. The molecule has 0 saturated carbocycles. The summed E-state index contributed by atoms with van der Waals surface area (Å²) in [5.41, 5.74) is 3.37. The van der Waals surface area contributed by atoms with Crippen LogP contribution < -0.4 is 0 Å². The molecular formula is C22H36. The van der Waals surface area contributed by atoms with E-state index in [1.54, 1.807) is 11.1 Å². The Morgan fingerprint density at radius 2 is 1.09 bits per heavy atom. The second-order valence-corrected chi connectivity index (χ2v) is 7.55. The summed E-state index contributed by atoms with van der Waals surface area (Å²) in [6.45, 7) is 9.66. The molecule has 0 N–H and O–H groups in total. The summed E-state index contributed by atoms with van der Waals surface area (Å²) in [6, 6.07) is 9.39. The smallest absolute Gasteiger partial charge is 0.0131 e. The van der Waals surface area contributed by atoms with Crippen molar-refractivity contribution in [3.8, 4) is 0 Å². The molecule has 0 bridgehead atoms. The van der Waals surface area contributed by atoms with E-state index >= 15 is 0 Å². The molecule has 0 heteroatoms. The predicted molar refractivity (Wildman–Crippen MR) is 98.5 cm³/mol. The Bertz CT molecular complexity index is 392. The molecule has 124 valence electrons. The minimum absolute atomic E-state index is 0.792. The lowest BCUT2D eigenvalue weighted by Crippen LogP contribution is -2.30. The quantitative estimate of drug-likeness (QED) is 0.442. The zero-order valence-corrected chi connectivity index (χ0v) is 15.3. The molecule has 0 amide bonds. The van der Waals surface area contributed by atoms with Crippen molar-refractivity contribution in [3.05, 3.63) is 35.4 Å². The maximum Gasteiger partial charge on any atom is -0.0131 e. The maximum atomic E-state index is 2.52. The molecule has 2 rings (SSSR count). The highest BCUT2D eigenvalue weighted by Gasteiger charge is 2.36. The Balaban J connectivity index is 2.19. The lowest BCUT2D eigenvalue weighted by Gasteiger charge is -2.42. The third-order valence-corrected chi connectivity index (χ3v) is 6.13. The molecule has 0 heterocycles. The van der Waals surface area contributed by atoms with Crippen LogP contribution in [0.4, 0.5) is 0 Å². The van der Waals surface area contributed by atoms with Gasteiger partial charge in [0.25, 0.3) is 0 Å². The van der Waals surface area contributed by atoms with Gasteiger partial charge in [-0.05, 0) is 47.6 Å². The SMILES string of the molecule is CCCCCC1c2ccccc2C(CCCCC)C(C)C1C. The molecule has 1 aliphatic carbocycles. The van der Waals surface area contributed by atoms with Gasteiger partial charge in [0.05, 0.1) is 0 Å². The van der Waals surface area contributed by atoms with Gasteiger partial charge in [0, 0.05) is 0 Å². The molecule has 0 aromatic heterocycles. The summed E-state index contributed by atoms with van der Waals surface area (Å²) in [5, 5.41) is 0. The molecule has 4 atom stereocenters. The van der Waals surface area contributed by atoms with Crippen LogP contribution in [-0.4, -0.2) is 0 Å². The lowest BCUT2D eigenvalue weighted by atomic mass is 9.63. The summed E-state index contributed by atoms with van der Waals surface area (Å²) in [6.07, 6.45) is 11.0. The molecule has 0 saturated heterocycles. The van der Waals surface area contributed by atoms with Gasteiger partial charge in [0.15, 0.2) is 0 Å². The van der Waals surface area contributed by atoms with E-state index in [0.29, 0.717) is 0 Å². The Morgan fingerprint density at radius 1 is 0.682 bits per heavy atom. The summed E-state index contributed by atoms with van der Waals surface area (Å²) in [5.74, 6) is 3.25. The Kier molecular flexibility index (Phi) is 6.99. The van der Waals surface area contributed by atoms with Gasteiger partial charge in [-0.15, -0.1) is 0 Å². The van der Waals surface area contributed by atoms with E-state index in [2.05, 4.69) is 52.0 Å². The van der Waals surface area contributed by atoms with Gasteiger partial charge in [-0.3, -0.25) is 0 Å². The molecule has 0 aliphatic heterocycles. The van der Waals surface area contributed by atoms with E-state index in [1.165, 1.54) is 51.4 Å². The Labute approximate surface area is 138 Å². The Morgan fingerprint density at radius 3 is 1.45 bits per heavy atom. The van der Waals surface area contributed by atoms with Crippen molar-refractivity contribution < 1.29 is 0 Å². The molecule has 1 aromatic carbocycles. The van der Waals surface area contributed by atoms with Crippen LogP contribution in [0.1, 0.15) is 102 Å². The Hall–Kier alpha value is -0.780. The molecular weight excluding hydrogens is 264 g/mol. The van der Waals surface area contributed by atoms with Crippen molar-refractivity contribution in [1.82, 2.24) is 0 Å². The van der Waals surface area contributed by atoms with E-state index in [4.69, 9.17) is 0 Å². The van der Waals surface area contributed by atoms with Crippen LogP contribution in [0.3, 0.4) is 0 Å². The van der Waals surface area contributed by atoms with Crippen molar-refractivity contribution in [3.63, 3.8) is 0 Å². The highest BCUT2D eigenvalue weighted by Crippen LogP contribution is 2.49. The summed E-state index contributed by atoms with van der Waals surface area (Å²) >= 11 is 0.